The lowest BCUT2D eigenvalue weighted by Gasteiger charge is -2.27. The number of nitrogens with zero attached hydrogens (tertiary/aromatic N) is 2. The first-order chi connectivity index (χ1) is 16.1. The van der Waals surface area contributed by atoms with Crippen LogP contribution >= 0.6 is 0 Å². The molecule has 2 aromatic carbocycles. The third-order valence-corrected chi connectivity index (χ3v) is 5.53. The maximum absolute atomic E-state index is 13.6. The molecule has 1 aliphatic rings. The fraction of sp³-hybridized carbons (Fsp3) is 0.115. The van der Waals surface area contributed by atoms with Gasteiger partial charge in [-0.2, -0.15) is 0 Å². The molecule has 1 unspecified atom stereocenters. The first-order valence-corrected chi connectivity index (χ1v) is 10.5. The topological polar surface area (TPSA) is 92.9 Å². The molecule has 1 aliphatic heterocycles. The van der Waals surface area contributed by atoms with Crippen molar-refractivity contribution < 1.29 is 23.8 Å². The monoisotopic (exact) mass is 440 g/mol. The maximum atomic E-state index is 13.6. The molecule has 3 heterocycles. The minimum atomic E-state index is -0.863. The summed E-state index contributed by atoms with van der Waals surface area (Å²) in [7, 11) is 0. The van der Waals surface area contributed by atoms with Crippen LogP contribution in [0.5, 0.6) is 5.75 Å². The Morgan fingerprint density at radius 2 is 1.88 bits per heavy atom. The van der Waals surface area contributed by atoms with Gasteiger partial charge in [0.05, 0.1) is 18.2 Å². The van der Waals surface area contributed by atoms with Crippen molar-refractivity contribution in [2.75, 3.05) is 11.5 Å². The number of anilines is 1. The highest BCUT2D eigenvalue weighted by atomic mass is 16.5. The summed E-state index contributed by atoms with van der Waals surface area (Å²) in [6.45, 7) is 2.33. The van der Waals surface area contributed by atoms with Crippen LogP contribution in [0.25, 0.3) is 11.0 Å². The summed E-state index contributed by atoms with van der Waals surface area (Å²) in [6, 6.07) is 18.4. The molecule has 7 nitrogen and oxygen atoms in total. The van der Waals surface area contributed by atoms with Crippen LogP contribution in [0.4, 0.5) is 5.69 Å². The predicted molar refractivity (Wildman–Crippen MR) is 122 cm³/mol. The summed E-state index contributed by atoms with van der Waals surface area (Å²) < 4.78 is 11.3. The normalized spacial score (nSPS) is 16.0. The second-order valence-electron chi connectivity index (χ2n) is 7.53. The van der Waals surface area contributed by atoms with Gasteiger partial charge in [-0.15, -0.1) is 0 Å². The van der Waals surface area contributed by atoms with Gasteiger partial charge in [0.2, 0.25) is 5.78 Å². The van der Waals surface area contributed by atoms with E-state index in [-0.39, 0.29) is 11.3 Å². The maximum Gasteiger partial charge on any atom is 0.294 e. The summed E-state index contributed by atoms with van der Waals surface area (Å²) >= 11 is 0. The number of hydrogen-bond donors (Lipinski definition) is 1. The average molecular weight is 440 g/mol. The van der Waals surface area contributed by atoms with Crippen molar-refractivity contribution in [2.45, 2.75) is 13.0 Å². The van der Waals surface area contributed by atoms with Crippen LogP contribution in [0.1, 0.15) is 29.1 Å². The number of aliphatic hydroxyl groups excluding tert-OH is 1. The third-order valence-electron chi connectivity index (χ3n) is 5.53. The number of para-hydroxylation sites is 1. The Labute approximate surface area is 189 Å². The number of aliphatic hydroxyl groups is 1. The van der Waals surface area contributed by atoms with Crippen molar-refractivity contribution in [3.8, 4) is 5.75 Å². The van der Waals surface area contributed by atoms with Crippen molar-refractivity contribution in [1.29, 1.82) is 0 Å². The summed E-state index contributed by atoms with van der Waals surface area (Å²) in [5, 5.41) is 11.6. The van der Waals surface area contributed by atoms with Crippen molar-refractivity contribution in [1.82, 2.24) is 4.98 Å². The molecule has 33 heavy (non-hydrogen) atoms. The summed E-state index contributed by atoms with van der Waals surface area (Å²) in [5.41, 5.74) is 1.62. The van der Waals surface area contributed by atoms with Gasteiger partial charge in [0.15, 0.2) is 11.5 Å². The zero-order chi connectivity index (χ0) is 22.9. The van der Waals surface area contributed by atoms with Gasteiger partial charge in [-0.05, 0) is 48.9 Å². The number of ketones is 1. The van der Waals surface area contributed by atoms with E-state index in [4.69, 9.17) is 9.15 Å². The van der Waals surface area contributed by atoms with Crippen molar-refractivity contribution in [3.05, 3.63) is 102 Å². The van der Waals surface area contributed by atoms with Gasteiger partial charge >= 0.3 is 0 Å². The van der Waals surface area contributed by atoms with Gasteiger partial charge in [-0.25, -0.2) is 0 Å². The molecule has 164 valence electrons. The van der Waals surface area contributed by atoms with E-state index >= 15 is 0 Å². The molecule has 0 bridgehead atoms. The SMILES string of the molecule is CCOc1cccc(N2C(=O)C(O)=C(C(=O)c3cc4ccccc4o3)C2c2ccncc2)c1. The second kappa shape index (κ2) is 8.27. The third kappa shape index (κ3) is 3.53. The molecule has 1 amide bonds. The molecular weight excluding hydrogens is 420 g/mol. The van der Waals surface area contributed by atoms with E-state index in [1.165, 1.54) is 4.90 Å². The molecule has 0 saturated carbocycles. The molecular formula is C26H20N2O5. The fourth-order valence-corrected chi connectivity index (χ4v) is 4.08. The Kier molecular flexibility index (Phi) is 5.14. The van der Waals surface area contributed by atoms with Crippen molar-refractivity contribution in [3.63, 3.8) is 0 Å². The molecule has 7 heteroatoms. The van der Waals surface area contributed by atoms with Crippen LogP contribution < -0.4 is 9.64 Å². The fourth-order valence-electron chi connectivity index (χ4n) is 4.08. The Morgan fingerprint density at radius 1 is 1.09 bits per heavy atom. The minimum absolute atomic E-state index is 0.0490. The summed E-state index contributed by atoms with van der Waals surface area (Å²) in [4.78, 5) is 32.3. The Morgan fingerprint density at radius 3 is 2.64 bits per heavy atom. The number of hydrogen-bond acceptors (Lipinski definition) is 6. The van der Waals surface area contributed by atoms with Gasteiger partial charge in [-0.1, -0.05) is 24.3 Å². The molecule has 5 rings (SSSR count). The lowest BCUT2D eigenvalue weighted by atomic mass is 9.95. The average Bonchev–Trinajstić information content (AvgIpc) is 3.39. The number of Topliss-reactive ketones (excluding diaryl/α,β-unsaturated/α-hetero) is 1. The molecule has 0 fully saturated rings. The zero-order valence-corrected chi connectivity index (χ0v) is 17.8. The summed E-state index contributed by atoms with van der Waals surface area (Å²) in [5.74, 6) is -1.21. The standard InChI is InChI=1S/C26H20N2O5/c1-2-32-19-8-5-7-18(15-19)28-23(16-10-12-27-13-11-16)22(25(30)26(28)31)24(29)21-14-17-6-3-4-9-20(17)33-21/h3-15,23,30H,2H2,1H3. The van der Waals surface area contributed by atoms with Crippen LogP contribution in [0.3, 0.4) is 0 Å². The van der Waals surface area contributed by atoms with Crippen LogP contribution in [-0.2, 0) is 4.79 Å². The number of ether oxygens (including phenoxy) is 1. The van der Waals surface area contributed by atoms with Gasteiger partial charge < -0.3 is 14.3 Å². The van der Waals surface area contributed by atoms with Crippen LogP contribution in [-0.4, -0.2) is 28.4 Å². The highest BCUT2D eigenvalue weighted by molar-refractivity contribution is 6.20. The first-order valence-electron chi connectivity index (χ1n) is 10.5. The Bertz CT molecular complexity index is 1360. The van der Waals surface area contributed by atoms with E-state index in [0.29, 0.717) is 29.2 Å². The molecule has 1 N–H and O–H groups in total. The lowest BCUT2D eigenvalue weighted by molar-refractivity contribution is -0.117. The Hall–Kier alpha value is -4.39. The highest BCUT2D eigenvalue weighted by Crippen LogP contribution is 2.42. The molecule has 0 spiro atoms. The van der Waals surface area contributed by atoms with Crippen LogP contribution in [0.2, 0.25) is 0 Å². The van der Waals surface area contributed by atoms with E-state index in [1.807, 2.05) is 25.1 Å². The van der Waals surface area contributed by atoms with Crippen LogP contribution in [0, 0.1) is 0 Å². The molecule has 2 aromatic heterocycles. The Balaban J connectivity index is 1.64. The number of furan rings is 1. The quantitative estimate of drug-likeness (QED) is 0.424. The predicted octanol–water partition coefficient (Wildman–Crippen LogP) is 5.01. The number of rotatable bonds is 6. The first kappa shape index (κ1) is 20.5. The zero-order valence-electron chi connectivity index (χ0n) is 17.8. The molecule has 1 atom stereocenters. The minimum Gasteiger partial charge on any atom is -0.503 e. The van der Waals surface area contributed by atoms with Crippen molar-refractivity contribution in [2.24, 2.45) is 0 Å². The largest absolute Gasteiger partial charge is 0.503 e. The van der Waals surface area contributed by atoms with Gasteiger partial charge in [0, 0.05) is 29.5 Å². The summed E-state index contributed by atoms with van der Waals surface area (Å²) in [6.07, 6.45) is 3.15. The number of carbonyl (C=O) groups is 2. The second-order valence-corrected chi connectivity index (χ2v) is 7.53. The molecule has 0 aliphatic carbocycles. The van der Waals surface area contributed by atoms with Gasteiger partial charge in [0.1, 0.15) is 11.3 Å². The highest BCUT2D eigenvalue weighted by Gasteiger charge is 2.45. The van der Waals surface area contributed by atoms with E-state index < -0.39 is 23.5 Å². The number of amides is 1. The van der Waals surface area contributed by atoms with E-state index in [2.05, 4.69) is 4.98 Å². The van der Waals surface area contributed by atoms with E-state index in [1.54, 1.807) is 60.9 Å². The smallest absolute Gasteiger partial charge is 0.294 e. The molecule has 4 aromatic rings. The number of carbonyl (C=O) groups excluding carboxylic acids is 2. The van der Waals surface area contributed by atoms with Crippen molar-refractivity contribution >= 4 is 28.3 Å². The van der Waals surface area contributed by atoms with Gasteiger partial charge in [-0.3, -0.25) is 19.5 Å². The lowest BCUT2D eigenvalue weighted by Crippen LogP contribution is -2.31. The molecule has 0 radical (unpaired) electrons. The molecule has 0 saturated heterocycles. The number of benzene rings is 2. The van der Waals surface area contributed by atoms with E-state index in [0.717, 1.165) is 5.39 Å². The number of pyridine rings is 1. The van der Waals surface area contributed by atoms with E-state index in [9.17, 15) is 14.7 Å². The van der Waals surface area contributed by atoms with Gasteiger partial charge in [0.25, 0.3) is 5.91 Å². The number of fused-ring (bicyclic) bond motifs is 1. The number of aromatic nitrogens is 1. The van der Waals surface area contributed by atoms with Crippen LogP contribution in [0.15, 0.2) is 94.9 Å².